The Morgan fingerprint density at radius 2 is 2.10 bits per heavy atom. The zero-order valence-electron chi connectivity index (χ0n) is 11.8. The van der Waals surface area contributed by atoms with Gasteiger partial charge in [-0.15, -0.1) is 11.3 Å². The molecule has 0 aliphatic carbocycles. The highest BCUT2D eigenvalue weighted by Crippen LogP contribution is 2.15. The molecule has 4 heteroatoms. The van der Waals surface area contributed by atoms with E-state index < -0.39 is 0 Å². The van der Waals surface area contributed by atoms with Crippen LogP contribution in [0.3, 0.4) is 0 Å². The number of benzene rings is 1. The maximum absolute atomic E-state index is 13.1. The van der Waals surface area contributed by atoms with E-state index >= 15 is 0 Å². The van der Waals surface area contributed by atoms with Crippen molar-refractivity contribution in [1.29, 1.82) is 0 Å². The largest absolute Gasteiger partial charge is 0.324 e. The highest BCUT2D eigenvalue weighted by atomic mass is 32.1. The van der Waals surface area contributed by atoms with Crippen molar-refractivity contribution in [2.45, 2.75) is 18.9 Å². The van der Waals surface area contributed by atoms with E-state index in [1.54, 1.807) is 17.4 Å². The van der Waals surface area contributed by atoms with E-state index in [2.05, 4.69) is 29.5 Å². The van der Waals surface area contributed by atoms with E-state index in [4.69, 9.17) is 5.73 Å². The van der Waals surface area contributed by atoms with Crippen LogP contribution in [0.25, 0.3) is 0 Å². The molecule has 0 aliphatic heterocycles. The monoisotopic (exact) mass is 292 g/mol. The second-order valence-electron chi connectivity index (χ2n) is 5.08. The molecule has 0 saturated carbocycles. The van der Waals surface area contributed by atoms with E-state index in [-0.39, 0.29) is 11.9 Å². The molecule has 0 saturated heterocycles. The Kier molecular flexibility index (Phi) is 5.71. The highest BCUT2D eigenvalue weighted by molar-refractivity contribution is 7.09. The molecule has 0 spiro atoms. The van der Waals surface area contributed by atoms with Gasteiger partial charge in [-0.3, -0.25) is 0 Å². The van der Waals surface area contributed by atoms with Gasteiger partial charge in [0.05, 0.1) is 0 Å². The molecule has 1 heterocycles. The van der Waals surface area contributed by atoms with Crippen molar-refractivity contribution in [3.63, 3.8) is 0 Å². The molecule has 0 aliphatic rings. The Balaban J connectivity index is 1.73. The van der Waals surface area contributed by atoms with Crippen molar-refractivity contribution in [2.75, 3.05) is 20.1 Å². The molecule has 20 heavy (non-hydrogen) atoms. The fourth-order valence-corrected chi connectivity index (χ4v) is 2.83. The minimum absolute atomic E-state index is 0.102. The van der Waals surface area contributed by atoms with Crippen LogP contribution in [0.5, 0.6) is 0 Å². The van der Waals surface area contributed by atoms with Gasteiger partial charge in [0.25, 0.3) is 0 Å². The Morgan fingerprint density at radius 1 is 1.25 bits per heavy atom. The van der Waals surface area contributed by atoms with Crippen molar-refractivity contribution in [3.05, 3.63) is 58.0 Å². The number of rotatable bonds is 7. The van der Waals surface area contributed by atoms with Gasteiger partial charge in [0.15, 0.2) is 0 Å². The maximum Gasteiger partial charge on any atom is 0.123 e. The highest BCUT2D eigenvalue weighted by Gasteiger charge is 2.08. The zero-order chi connectivity index (χ0) is 14.4. The molecule has 2 rings (SSSR count). The first kappa shape index (κ1) is 15.2. The Hall–Kier alpha value is -1.23. The molecular weight excluding hydrogens is 271 g/mol. The SMILES string of the molecule is CN(CCc1cccs1)CCC(N)c1cccc(F)c1. The molecule has 0 fully saturated rings. The van der Waals surface area contributed by atoms with E-state index in [1.807, 2.05) is 6.07 Å². The van der Waals surface area contributed by atoms with E-state index in [0.29, 0.717) is 0 Å². The third-order valence-electron chi connectivity index (χ3n) is 3.42. The Bertz CT molecular complexity index is 513. The second kappa shape index (κ2) is 7.53. The number of nitrogens with two attached hydrogens (primary N) is 1. The molecule has 2 nitrogen and oxygen atoms in total. The summed E-state index contributed by atoms with van der Waals surface area (Å²) in [5.74, 6) is -0.219. The molecule has 0 bridgehead atoms. The van der Waals surface area contributed by atoms with Crippen LogP contribution in [0.4, 0.5) is 4.39 Å². The first-order chi connectivity index (χ1) is 9.65. The van der Waals surface area contributed by atoms with Gasteiger partial charge in [0.2, 0.25) is 0 Å². The predicted octanol–water partition coefficient (Wildman–Crippen LogP) is 3.45. The van der Waals surface area contributed by atoms with Gasteiger partial charge in [-0.2, -0.15) is 0 Å². The van der Waals surface area contributed by atoms with Gasteiger partial charge in [-0.05, 0) is 55.6 Å². The quantitative estimate of drug-likeness (QED) is 0.847. The summed E-state index contributed by atoms with van der Waals surface area (Å²) < 4.78 is 13.1. The summed E-state index contributed by atoms with van der Waals surface area (Å²) in [5, 5.41) is 2.11. The van der Waals surface area contributed by atoms with Gasteiger partial charge in [0, 0.05) is 17.5 Å². The van der Waals surface area contributed by atoms with E-state index in [0.717, 1.165) is 31.5 Å². The Morgan fingerprint density at radius 3 is 2.80 bits per heavy atom. The summed E-state index contributed by atoms with van der Waals surface area (Å²) >= 11 is 1.79. The Labute approximate surface area is 124 Å². The van der Waals surface area contributed by atoms with Crippen molar-refractivity contribution < 1.29 is 4.39 Å². The normalized spacial score (nSPS) is 12.8. The molecule has 1 aromatic heterocycles. The third-order valence-corrected chi connectivity index (χ3v) is 4.35. The van der Waals surface area contributed by atoms with E-state index in [1.165, 1.54) is 17.0 Å². The number of hydrogen-bond acceptors (Lipinski definition) is 3. The van der Waals surface area contributed by atoms with Crippen LogP contribution in [0.2, 0.25) is 0 Å². The summed E-state index contributed by atoms with van der Waals surface area (Å²) in [4.78, 5) is 3.69. The topological polar surface area (TPSA) is 29.3 Å². The molecule has 1 atom stereocenters. The van der Waals surface area contributed by atoms with Crippen LogP contribution in [0.1, 0.15) is 22.9 Å². The molecule has 2 aromatic rings. The van der Waals surface area contributed by atoms with Gasteiger partial charge >= 0.3 is 0 Å². The number of hydrogen-bond donors (Lipinski definition) is 1. The number of halogens is 1. The zero-order valence-corrected chi connectivity index (χ0v) is 12.6. The standard InChI is InChI=1S/C16H21FN2S/c1-19(9-7-15-6-3-11-20-15)10-8-16(18)13-4-2-5-14(17)12-13/h2-6,11-12,16H,7-10,18H2,1H3. The number of thiophene rings is 1. The fourth-order valence-electron chi connectivity index (χ4n) is 2.13. The summed E-state index contributed by atoms with van der Waals surface area (Å²) in [5.41, 5.74) is 6.98. The molecular formula is C16H21FN2S. The van der Waals surface area contributed by atoms with Gasteiger partial charge in [-0.25, -0.2) is 4.39 Å². The van der Waals surface area contributed by atoms with Crippen LogP contribution >= 0.6 is 11.3 Å². The van der Waals surface area contributed by atoms with Crippen molar-refractivity contribution in [3.8, 4) is 0 Å². The summed E-state index contributed by atoms with van der Waals surface area (Å²) in [6.45, 7) is 1.94. The average molecular weight is 292 g/mol. The van der Waals surface area contributed by atoms with E-state index in [9.17, 15) is 4.39 Å². The summed E-state index contributed by atoms with van der Waals surface area (Å²) in [6, 6.07) is 10.7. The lowest BCUT2D eigenvalue weighted by Gasteiger charge is -2.19. The van der Waals surface area contributed by atoms with Crippen LogP contribution in [0.15, 0.2) is 41.8 Å². The van der Waals surface area contributed by atoms with Gasteiger partial charge < -0.3 is 10.6 Å². The van der Waals surface area contributed by atoms with Crippen molar-refractivity contribution in [2.24, 2.45) is 5.73 Å². The first-order valence-electron chi connectivity index (χ1n) is 6.87. The smallest absolute Gasteiger partial charge is 0.123 e. The third kappa shape index (κ3) is 4.71. The lowest BCUT2D eigenvalue weighted by Crippen LogP contribution is -2.25. The van der Waals surface area contributed by atoms with Crippen LogP contribution in [-0.2, 0) is 6.42 Å². The number of likely N-dealkylation sites (N-methyl/N-ethyl adjacent to an activating group) is 1. The van der Waals surface area contributed by atoms with Crippen molar-refractivity contribution >= 4 is 11.3 Å². The van der Waals surface area contributed by atoms with Crippen LogP contribution < -0.4 is 5.73 Å². The minimum Gasteiger partial charge on any atom is -0.324 e. The summed E-state index contributed by atoms with van der Waals surface area (Å²) in [6.07, 6.45) is 1.91. The lowest BCUT2D eigenvalue weighted by atomic mass is 10.0. The number of nitrogens with zero attached hydrogens (tertiary/aromatic N) is 1. The molecule has 0 radical (unpaired) electrons. The van der Waals surface area contributed by atoms with Crippen LogP contribution in [-0.4, -0.2) is 25.0 Å². The first-order valence-corrected chi connectivity index (χ1v) is 7.75. The van der Waals surface area contributed by atoms with Gasteiger partial charge in [-0.1, -0.05) is 18.2 Å². The second-order valence-corrected chi connectivity index (χ2v) is 6.12. The molecule has 1 unspecified atom stereocenters. The minimum atomic E-state index is -0.219. The molecule has 1 aromatic carbocycles. The molecule has 0 amide bonds. The fraction of sp³-hybridized carbons (Fsp3) is 0.375. The van der Waals surface area contributed by atoms with Crippen molar-refractivity contribution in [1.82, 2.24) is 4.90 Å². The molecule has 108 valence electrons. The summed E-state index contributed by atoms with van der Waals surface area (Å²) in [7, 11) is 2.10. The van der Waals surface area contributed by atoms with Gasteiger partial charge in [0.1, 0.15) is 5.82 Å². The molecule has 2 N–H and O–H groups in total. The average Bonchev–Trinajstić information content (AvgIpc) is 2.95. The lowest BCUT2D eigenvalue weighted by molar-refractivity contribution is 0.323. The van der Waals surface area contributed by atoms with Crippen LogP contribution in [0, 0.1) is 5.82 Å². The predicted molar refractivity (Wildman–Crippen MR) is 83.5 cm³/mol. The maximum atomic E-state index is 13.1.